The van der Waals surface area contributed by atoms with E-state index in [1.54, 1.807) is 11.3 Å². The van der Waals surface area contributed by atoms with Crippen LogP contribution in [0.25, 0.3) is 0 Å². The second kappa shape index (κ2) is 8.47. The molecule has 1 saturated carbocycles. The predicted molar refractivity (Wildman–Crippen MR) is 104 cm³/mol. The van der Waals surface area contributed by atoms with Gasteiger partial charge in [0.05, 0.1) is 10.7 Å². The maximum atomic E-state index is 4.51. The van der Waals surface area contributed by atoms with E-state index < -0.39 is 0 Å². The quantitative estimate of drug-likeness (QED) is 0.451. The zero-order valence-electron chi connectivity index (χ0n) is 13.5. The lowest BCUT2D eigenvalue weighted by atomic mass is 9.82. The molecule has 0 bridgehead atoms. The average molecular weight is 434 g/mol. The number of nitrogens with one attached hydrogen (secondary N) is 1. The highest BCUT2D eigenvalue weighted by Gasteiger charge is 2.35. The van der Waals surface area contributed by atoms with Crippen LogP contribution in [0.1, 0.15) is 36.4 Å². The summed E-state index contributed by atoms with van der Waals surface area (Å²) in [5.74, 6) is 2.88. The van der Waals surface area contributed by atoms with Crippen molar-refractivity contribution >= 4 is 41.3 Å². The molecule has 2 heterocycles. The van der Waals surface area contributed by atoms with Gasteiger partial charge in [-0.25, -0.2) is 4.98 Å². The largest absolute Gasteiger partial charge is 0.356 e. The Balaban J connectivity index is 0.00000176. The van der Waals surface area contributed by atoms with Crippen molar-refractivity contribution in [2.45, 2.75) is 39.0 Å². The minimum atomic E-state index is 0. The third kappa shape index (κ3) is 4.34. The molecule has 1 aliphatic carbocycles. The van der Waals surface area contributed by atoms with Crippen LogP contribution >= 0.6 is 35.3 Å². The number of halogens is 1. The molecule has 1 saturated heterocycles. The van der Waals surface area contributed by atoms with E-state index >= 15 is 0 Å². The minimum Gasteiger partial charge on any atom is -0.356 e. The lowest BCUT2D eigenvalue weighted by Crippen LogP contribution is -2.41. The van der Waals surface area contributed by atoms with Gasteiger partial charge < -0.3 is 10.2 Å². The van der Waals surface area contributed by atoms with E-state index in [0.29, 0.717) is 0 Å². The van der Waals surface area contributed by atoms with Gasteiger partial charge in [-0.3, -0.25) is 4.99 Å². The Hall–Kier alpha value is -0.370. The molecule has 6 heteroatoms. The number of rotatable bonds is 3. The highest BCUT2D eigenvalue weighted by atomic mass is 127. The van der Waals surface area contributed by atoms with E-state index in [1.807, 2.05) is 7.05 Å². The number of aromatic nitrogens is 1. The molecule has 22 heavy (non-hydrogen) atoms. The molecule has 0 amide bonds. The molecule has 2 atom stereocenters. The molecule has 2 unspecified atom stereocenters. The van der Waals surface area contributed by atoms with Crippen molar-refractivity contribution in [3.05, 3.63) is 16.1 Å². The third-order valence-electron chi connectivity index (χ3n) is 4.82. The van der Waals surface area contributed by atoms with Gasteiger partial charge in [-0.15, -0.1) is 35.3 Å². The Morgan fingerprint density at radius 1 is 1.36 bits per heavy atom. The van der Waals surface area contributed by atoms with Gasteiger partial charge in [-0.2, -0.15) is 0 Å². The third-order valence-corrected chi connectivity index (χ3v) is 5.64. The fraction of sp³-hybridized carbons (Fsp3) is 0.750. The minimum absolute atomic E-state index is 0. The van der Waals surface area contributed by atoms with Crippen LogP contribution in [0.5, 0.6) is 0 Å². The first-order valence-electron chi connectivity index (χ1n) is 8.13. The van der Waals surface area contributed by atoms with E-state index in [9.17, 15) is 0 Å². The molecule has 3 rings (SSSR count). The number of thiazole rings is 1. The summed E-state index contributed by atoms with van der Waals surface area (Å²) in [6.07, 6.45) is 6.64. The average Bonchev–Trinajstić information content (AvgIpc) is 3.09. The summed E-state index contributed by atoms with van der Waals surface area (Å²) in [5, 5.41) is 6.83. The lowest BCUT2D eigenvalue weighted by Gasteiger charge is -2.22. The van der Waals surface area contributed by atoms with Gasteiger partial charge in [0.2, 0.25) is 0 Å². The van der Waals surface area contributed by atoms with E-state index in [2.05, 4.69) is 32.5 Å². The van der Waals surface area contributed by atoms with Crippen LogP contribution in [0.2, 0.25) is 0 Å². The SMILES string of the molecule is CN=C(NCCc1csc(C)n1)N1CC2CCCCC2C1.I. The van der Waals surface area contributed by atoms with Crippen molar-refractivity contribution in [2.75, 3.05) is 26.7 Å². The summed E-state index contributed by atoms with van der Waals surface area (Å²) in [5.41, 5.74) is 1.19. The van der Waals surface area contributed by atoms with Gasteiger partial charge in [-0.1, -0.05) is 12.8 Å². The number of aryl methyl sites for hydroxylation is 1. The van der Waals surface area contributed by atoms with Crippen LogP contribution in [-0.4, -0.2) is 42.5 Å². The summed E-state index contributed by atoms with van der Waals surface area (Å²) in [6, 6.07) is 0. The molecule has 4 nitrogen and oxygen atoms in total. The summed E-state index contributed by atoms with van der Waals surface area (Å²) >= 11 is 1.73. The Bertz CT molecular complexity index is 488. The van der Waals surface area contributed by atoms with Crippen molar-refractivity contribution in [2.24, 2.45) is 16.8 Å². The fourth-order valence-electron chi connectivity index (χ4n) is 3.74. The molecule has 0 radical (unpaired) electrons. The first kappa shape index (κ1) is 18.0. The van der Waals surface area contributed by atoms with Gasteiger partial charge in [0.1, 0.15) is 0 Å². The Labute approximate surface area is 154 Å². The monoisotopic (exact) mass is 434 g/mol. The van der Waals surface area contributed by atoms with Crippen molar-refractivity contribution in [3.63, 3.8) is 0 Å². The van der Waals surface area contributed by atoms with Crippen LogP contribution in [0.3, 0.4) is 0 Å². The summed E-state index contributed by atoms with van der Waals surface area (Å²) in [6.45, 7) is 5.37. The van der Waals surface area contributed by atoms with E-state index in [0.717, 1.165) is 35.8 Å². The molecule has 1 N–H and O–H groups in total. The van der Waals surface area contributed by atoms with Gasteiger partial charge in [0.25, 0.3) is 0 Å². The number of guanidine groups is 1. The molecule has 1 aliphatic heterocycles. The topological polar surface area (TPSA) is 40.5 Å². The maximum Gasteiger partial charge on any atom is 0.193 e. The number of fused-ring (bicyclic) bond motifs is 1. The molecule has 1 aromatic heterocycles. The first-order chi connectivity index (χ1) is 10.3. The second-order valence-electron chi connectivity index (χ2n) is 6.29. The molecule has 1 aromatic rings. The predicted octanol–water partition coefficient (Wildman–Crippen LogP) is 3.31. The highest BCUT2D eigenvalue weighted by molar-refractivity contribution is 14.0. The summed E-state index contributed by atoms with van der Waals surface area (Å²) in [7, 11) is 1.90. The molecule has 0 spiro atoms. The van der Waals surface area contributed by atoms with Crippen LogP contribution in [0, 0.1) is 18.8 Å². The number of hydrogen-bond donors (Lipinski definition) is 1. The smallest absolute Gasteiger partial charge is 0.193 e. The fourth-order valence-corrected chi connectivity index (χ4v) is 4.38. The number of hydrogen-bond acceptors (Lipinski definition) is 3. The van der Waals surface area contributed by atoms with Crippen molar-refractivity contribution in [3.8, 4) is 0 Å². The van der Waals surface area contributed by atoms with Gasteiger partial charge in [0, 0.05) is 38.5 Å². The Kier molecular flexibility index (Phi) is 6.92. The molecular formula is C16H27IN4S. The van der Waals surface area contributed by atoms with Crippen molar-refractivity contribution in [1.29, 1.82) is 0 Å². The highest BCUT2D eigenvalue weighted by Crippen LogP contribution is 2.35. The zero-order valence-corrected chi connectivity index (χ0v) is 16.7. The van der Waals surface area contributed by atoms with Crippen molar-refractivity contribution < 1.29 is 0 Å². The van der Waals surface area contributed by atoms with Gasteiger partial charge >= 0.3 is 0 Å². The number of likely N-dealkylation sites (tertiary alicyclic amines) is 1. The van der Waals surface area contributed by atoms with Crippen LogP contribution in [0.4, 0.5) is 0 Å². The molecular weight excluding hydrogens is 407 g/mol. The Morgan fingerprint density at radius 2 is 2.05 bits per heavy atom. The Morgan fingerprint density at radius 3 is 2.59 bits per heavy atom. The van der Waals surface area contributed by atoms with Gasteiger partial charge in [0.15, 0.2) is 5.96 Å². The normalized spacial score (nSPS) is 24.8. The standard InChI is InChI=1S/C16H26N4S.HI/c1-12-19-15(11-21-12)7-8-18-16(17-2)20-9-13-5-3-4-6-14(13)10-20;/h11,13-14H,3-10H2,1-2H3,(H,17,18);1H. The molecule has 124 valence electrons. The van der Waals surface area contributed by atoms with Crippen LogP contribution in [0.15, 0.2) is 10.4 Å². The number of aliphatic imine (C=N–C) groups is 1. The summed E-state index contributed by atoms with van der Waals surface area (Å²) < 4.78 is 0. The summed E-state index contributed by atoms with van der Waals surface area (Å²) in [4.78, 5) is 11.5. The van der Waals surface area contributed by atoms with E-state index in [1.165, 1.54) is 44.5 Å². The zero-order chi connectivity index (χ0) is 14.7. The van der Waals surface area contributed by atoms with Crippen molar-refractivity contribution in [1.82, 2.24) is 15.2 Å². The van der Waals surface area contributed by atoms with Crippen LogP contribution in [-0.2, 0) is 6.42 Å². The van der Waals surface area contributed by atoms with E-state index in [-0.39, 0.29) is 24.0 Å². The molecule has 2 fully saturated rings. The second-order valence-corrected chi connectivity index (χ2v) is 7.35. The number of nitrogens with zero attached hydrogens (tertiary/aromatic N) is 3. The lowest BCUT2D eigenvalue weighted by molar-refractivity contribution is 0.299. The first-order valence-corrected chi connectivity index (χ1v) is 9.01. The molecule has 0 aromatic carbocycles. The van der Waals surface area contributed by atoms with Gasteiger partial charge in [-0.05, 0) is 31.6 Å². The molecule has 2 aliphatic rings. The van der Waals surface area contributed by atoms with Crippen LogP contribution < -0.4 is 5.32 Å². The van der Waals surface area contributed by atoms with E-state index in [4.69, 9.17) is 0 Å². The maximum absolute atomic E-state index is 4.51.